The molecule has 0 atom stereocenters. The maximum absolute atomic E-state index is 8.66. The number of nitrogens with one attached hydrogen (secondary N) is 1. The first-order valence-corrected chi connectivity index (χ1v) is 5.58. The lowest BCUT2D eigenvalue weighted by Crippen LogP contribution is -2.07. The molecule has 0 aliphatic rings. The number of nitrogens with zero attached hydrogens (tertiary/aromatic N) is 2. The van der Waals surface area contributed by atoms with Crippen molar-refractivity contribution in [2.24, 2.45) is 0 Å². The summed E-state index contributed by atoms with van der Waals surface area (Å²) in [5, 5.41) is 11.9. The number of anilines is 1. The highest BCUT2D eigenvalue weighted by Crippen LogP contribution is 2.19. The third-order valence-electron chi connectivity index (χ3n) is 2.20. The highest BCUT2D eigenvalue weighted by atomic mass is 16.5. The highest BCUT2D eigenvalue weighted by Gasteiger charge is 2.06. The summed E-state index contributed by atoms with van der Waals surface area (Å²) >= 11 is 0. The van der Waals surface area contributed by atoms with E-state index in [0.29, 0.717) is 12.5 Å². The van der Waals surface area contributed by atoms with Crippen LogP contribution in [0, 0.1) is 6.92 Å². The molecule has 1 rings (SSSR count). The van der Waals surface area contributed by atoms with Gasteiger partial charge in [-0.3, -0.25) is 0 Å². The van der Waals surface area contributed by atoms with Gasteiger partial charge in [0, 0.05) is 13.2 Å². The number of hydrogen-bond acceptors (Lipinski definition) is 5. The van der Waals surface area contributed by atoms with Crippen molar-refractivity contribution in [3.63, 3.8) is 0 Å². The average Bonchev–Trinajstić information content (AvgIpc) is 2.29. The molecular weight excluding hydrogens is 206 g/mol. The van der Waals surface area contributed by atoms with Crippen LogP contribution in [0.3, 0.4) is 0 Å². The van der Waals surface area contributed by atoms with Gasteiger partial charge in [0.1, 0.15) is 12.1 Å². The second-order valence-electron chi connectivity index (χ2n) is 3.44. The summed E-state index contributed by atoms with van der Waals surface area (Å²) in [7, 11) is 0. The van der Waals surface area contributed by atoms with Crippen molar-refractivity contribution < 1.29 is 9.84 Å². The number of aliphatic hydroxyl groups is 1. The zero-order valence-corrected chi connectivity index (χ0v) is 9.86. The minimum Gasteiger partial charge on any atom is -0.478 e. The Balaban J connectivity index is 2.55. The molecule has 1 aromatic rings. The Morgan fingerprint density at radius 1 is 1.38 bits per heavy atom. The molecule has 90 valence electrons. The second kappa shape index (κ2) is 7.00. The quantitative estimate of drug-likeness (QED) is 0.686. The van der Waals surface area contributed by atoms with E-state index in [1.807, 2.05) is 13.8 Å². The van der Waals surface area contributed by atoms with E-state index < -0.39 is 0 Å². The SMILES string of the molecule is CCOc1ncnc(NCCCCO)c1C. The molecule has 0 aliphatic heterocycles. The van der Waals surface area contributed by atoms with E-state index in [4.69, 9.17) is 9.84 Å². The van der Waals surface area contributed by atoms with Crippen molar-refractivity contribution in [2.45, 2.75) is 26.7 Å². The molecule has 0 saturated heterocycles. The molecule has 0 bridgehead atoms. The van der Waals surface area contributed by atoms with Crippen LogP contribution in [0.5, 0.6) is 5.88 Å². The summed E-state index contributed by atoms with van der Waals surface area (Å²) in [6, 6.07) is 0. The fourth-order valence-electron chi connectivity index (χ4n) is 1.34. The largest absolute Gasteiger partial charge is 0.478 e. The summed E-state index contributed by atoms with van der Waals surface area (Å²) in [6.07, 6.45) is 3.21. The van der Waals surface area contributed by atoms with Crippen molar-refractivity contribution in [1.29, 1.82) is 0 Å². The van der Waals surface area contributed by atoms with E-state index in [1.165, 1.54) is 6.33 Å². The third-order valence-corrected chi connectivity index (χ3v) is 2.20. The number of hydrogen-bond donors (Lipinski definition) is 2. The molecule has 0 fully saturated rings. The molecule has 0 radical (unpaired) electrons. The summed E-state index contributed by atoms with van der Waals surface area (Å²) in [5.41, 5.74) is 0.924. The minimum absolute atomic E-state index is 0.231. The van der Waals surface area contributed by atoms with Gasteiger partial charge in [-0.15, -0.1) is 0 Å². The van der Waals surface area contributed by atoms with Crippen LogP contribution in [0.15, 0.2) is 6.33 Å². The summed E-state index contributed by atoms with van der Waals surface area (Å²) < 4.78 is 5.37. The van der Waals surface area contributed by atoms with Gasteiger partial charge in [0.2, 0.25) is 5.88 Å². The van der Waals surface area contributed by atoms with Gasteiger partial charge >= 0.3 is 0 Å². The summed E-state index contributed by atoms with van der Waals surface area (Å²) in [5.74, 6) is 1.43. The Hall–Kier alpha value is -1.36. The zero-order chi connectivity index (χ0) is 11.8. The van der Waals surface area contributed by atoms with Gasteiger partial charge in [-0.1, -0.05) is 0 Å². The van der Waals surface area contributed by atoms with Gasteiger partial charge in [-0.05, 0) is 26.7 Å². The molecule has 1 heterocycles. The zero-order valence-electron chi connectivity index (χ0n) is 9.86. The topological polar surface area (TPSA) is 67.3 Å². The Kier molecular flexibility index (Phi) is 5.56. The van der Waals surface area contributed by atoms with Gasteiger partial charge in [-0.2, -0.15) is 0 Å². The molecule has 5 nitrogen and oxygen atoms in total. The molecule has 0 amide bonds. The molecule has 0 unspecified atom stereocenters. The number of rotatable bonds is 7. The van der Waals surface area contributed by atoms with E-state index in [1.54, 1.807) is 0 Å². The van der Waals surface area contributed by atoms with Crippen molar-refractivity contribution in [2.75, 3.05) is 25.1 Å². The predicted molar refractivity (Wildman–Crippen MR) is 62.7 cm³/mol. The Bertz CT molecular complexity index is 318. The predicted octanol–water partition coefficient (Wildman–Crippen LogP) is 1.37. The van der Waals surface area contributed by atoms with Crippen molar-refractivity contribution in [1.82, 2.24) is 9.97 Å². The van der Waals surface area contributed by atoms with Gasteiger partial charge in [0.25, 0.3) is 0 Å². The van der Waals surface area contributed by atoms with E-state index >= 15 is 0 Å². The molecule has 0 aliphatic carbocycles. The molecule has 2 N–H and O–H groups in total. The normalized spacial score (nSPS) is 10.2. The van der Waals surface area contributed by atoms with Gasteiger partial charge < -0.3 is 15.2 Å². The van der Waals surface area contributed by atoms with Gasteiger partial charge in [0.05, 0.1) is 12.2 Å². The van der Waals surface area contributed by atoms with Crippen molar-refractivity contribution in [3.05, 3.63) is 11.9 Å². The fraction of sp³-hybridized carbons (Fsp3) is 0.636. The Morgan fingerprint density at radius 2 is 2.19 bits per heavy atom. The first-order valence-electron chi connectivity index (χ1n) is 5.58. The van der Waals surface area contributed by atoms with Crippen LogP contribution in [-0.2, 0) is 0 Å². The lowest BCUT2D eigenvalue weighted by Gasteiger charge is -2.10. The monoisotopic (exact) mass is 225 g/mol. The lowest BCUT2D eigenvalue weighted by atomic mass is 10.3. The average molecular weight is 225 g/mol. The number of ether oxygens (including phenoxy) is 1. The van der Waals surface area contributed by atoms with Crippen LogP contribution >= 0.6 is 0 Å². The number of aliphatic hydroxyl groups excluding tert-OH is 1. The van der Waals surface area contributed by atoms with Crippen LogP contribution in [0.25, 0.3) is 0 Å². The van der Waals surface area contributed by atoms with Crippen molar-refractivity contribution in [3.8, 4) is 5.88 Å². The number of aromatic nitrogens is 2. The lowest BCUT2D eigenvalue weighted by molar-refractivity contribution is 0.286. The van der Waals surface area contributed by atoms with Crippen molar-refractivity contribution >= 4 is 5.82 Å². The minimum atomic E-state index is 0.231. The van der Waals surface area contributed by atoms with E-state index in [-0.39, 0.29) is 6.61 Å². The second-order valence-corrected chi connectivity index (χ2v) is 3.44. The maximum atomic E-state index is 8.66. The van der Waals surface area contributed by atoms with Crippen LogP contribution in [-0.4, -0.2) is 34.8 Å². The van der Waals surface area contributed by atoms with Crippen LogP contribution < -0.4 is 10.1 Å². The summed E-state index contributed by atoms with van der Waals surface area (Å²) in [4.78, 5) is 8.21. The van der Waals surface area contributed by atoms with E-state index in [2.05, 4.69) is 15.3 Å². The maximum Gasteiger partial charge on any atom is 0.221 e. The van der Waals surface area contributed by atoms with Gasteiger partial charge in [-0.25, -0.2) is 9.97 Å². The third kappa shape index (κ3) is 3.66. The van der Waals surface area contributed by atoms with E-state index in [0.717, 1.165) is 30.8 Å². The molecule has 5 heteroatoms. The van der Waals surface area contributed by atoms with Crippen LogP contribution in [0.1, 0.15) is 25.3 Å². The smallest absolute Gasteiger partial charge is 0.221 e. The van der Waals surface area contributed by atoms with E-state index in [9.17, 15) is 0 Å². The molecule has 1 aromatic heterocycles. The molecular formula is C11H19N3O2. The molecule has 16 heavy (non-hydrogen) atoms. The Labute approximate surface area is 95.9 Å². The standard InChI is InChI=1S/C11H19N3O2/c1-3-16-11-9(2)10(13-8-14-11)12-6-4-5-7-15/h8,15H,3-7H2,1-2H3,(H,12,13,14). The fourth-order valence-corrected chi connectivity index (χ4v) is 1.34. The first kappa shape index (κ1) is 12.7. The molecule has 0 spiro atoms. The molecule has 0 aromatic carbocycles. The van der Waals surface area contributed by atoms with Crippen LogP contribution in [0.2, 0.25) is 0 Å². The summed E-state index contributed by atoms with van der Waals surface area (Å²) in [6.45, 7) is 5.48. The highest BCUT2D eigenvalue weighted by molar-refractivity contribution is 5.47. The Morgan fingerprint density at radius 3 is 2.88 bits per heavy atom. The van der Waals surface area contributed by atoms with Gasteiger partial charge in [0.15, 0.2) is 0 Å². The first-order chi connectivity index (χ1) is 7.79. The number of unbranched alkanes of at least 4 members (excludes halogenated alkanes) is 1. The molecule has 0 saturated carbocycles. The van der Waals surface area contributed by atoms with Crippen LogP contribution in [0.4, 0.5) is 5.82 Å².